The van der Waals surface area contributed by atoms with Gasteiger partial charge in [-0.1, -0.05) is 18.2 Å². The van der Waals surface area contributed by atoms with Crippen molar-refractivity contribution in [2.24, 2.45) is 5.41 Å². The molecule has 1 aromatic carbocycles. The molecule has 2 amide bonds. The molecule has 0 unspecified atom stereocenters. The van der Waals surface area contributed by atoms with E-state index < -0.39 is 5.41 Å². The smallest absolute Gasteiger partial charge is 0.246 e. The summed E-state index contributed by atoms with van der Waals surface area (Å²) in [4.78, 5) is 27.2. The van der Waals surface area contributed by atoms with Gasteiger partial charge >= 0.3 is 0 Å². The third-order valence-electron chi connectivity index (χ3n) is 5.27. The quantitative estimate of drug-likeness (QED) is 0.838. The van der Waals surface area contributed by atoms with Crippen molar-refractivity contribution in [1.29, 1.82) is 0 Å². The fraction of sp³-hybridized carbons (Fsp3) is 0.579. The Morgan fingerprint density at radius 1 is 1.28 bits per heavy atom. The summed E-state index contributed by atoms with van der Waals surface area (Å²) in [6.07, 6.45) is 3.41. The predicted molar refractivity (Wildman–Crippen MR) is 96.5 cm³/mol. The standard InChI is InChI=1S/C19H27N3O3/c1-25-14-19(8-10-20-11-9-19)18(24)21-13-17(23)22-12-4-6-15-5-2-3-7-16(15)22/h2-3,5,7,20H,4,6,8-14H2,1H3,(H,21,24). The van der Waals surface area contributed by atoms with Crippen LogP contribution in [0.2, 0.25) is 0 Å². The molecule has 0 aromatic heterocycles. The van der Waals surface area contributed by atoms with Crippen LogP contribution in [0.5, 0.6) is 0 Å². The molecule has 6 nitrogen and oxygen atoms in total. The monoisotopic (exact) mass is 345 g/mol. The van der Waals surface area contributed by atoms with Crippen molar-refractivity contribution in [1.82, 2.24) is 10.6 Å². The number of hydrogen-bond donors (Lipinski definition) is 2. The molecule has 2 aliphatic rings. The molecular formula is C19H27N3O3. The summed E-state index contributed by atoms with van der Waals surface area (Å²) in [5, 5.41) is 6.14. The lowest BCUT2D eigenvalue weighted by Crippen LogP contribution is -2.52. The molecule has 0 bridgehead atoms. The Balaban J connectivity index is 1.63. The zero-order valence-electron chi connectivity index (χ0n) is 14.8. The van der Waals surface area contributed by atoms with E-state index in [4.69, 9.17) is 4.74 Å². The molecule has 25 heavy (non-hydrogen) atoms. The SMILES string of the molecule is COCC1(C(=O)NCC(=O)N2CCCc3ccccc32)CCNCC1. The Morgan fingerprint density at radius 2 is 2.04 bits per heavy atom. The number of rotatable bonds is 5. The number of anilines is 1. The van der Waals surface area contributed by atoms with Crippen LogP contribution in [0.1, 0.15) is 24.8 Å². The first-order valence-electron chi connectivity index (χ1n) is 9.02. The first-order chi connectivity index (χ1) is 12.2. The van der Waals surface area contributed by atoms with Crippen LogP contribution < -0.4 is 15.5 Å². The van der Waals surface area contributed by atoms with Gasteiger partial charge in [-0.25, -0.2) is 0 Å². The number of carbonyl (C=O) groups excluding carboxylic acids is 2. The summed E-state index contributed by atoms with van der Waals surface area (Å²) >= 11 is 0. The van der Waals surface area contributed by atoms with Gasteiger partial charge in [-0.05, 0) is 50.4 Å². The minimum absolute atomic E-state index is 0.0338. The summed E-state index contributed by atoms with van der Waals surface area (Å²) in [6, 6.07) is 8.00. The van der Waals surface area contributed by atoms with E-state index in [2.05, 4.69) is 16.7 Å². The number of nitrogens with zero attached hydrogens (tertiary/aromatic N) is 1. The van der Waals surface area contributed by atoms with Crippen molar-refractivity contribution in [3.05, 3.63) is 29.8 Å². The van der Waals surface area contributed by atoms with Crippen molar-refractivity contribution in [2.75, 3.05) is 44.8 Å². The number of fused-ring (bicyclic) bond motifs is 1. The molecule has 0 radical (unpaired) electrons. The highest BCUT2D eigenvalue weighted by Crippen LogP contribution is 2.30. The lowest BCUT2D eigenvalue weighted by Gasteiger charge is -2.36. The van der Waals surface area contributed by atoms with Gasteiger partial charge in [-0.15, -0.1) is 0 Å². The molecular weight excluding hydrogens is 318 g/mol. The Labute approximate surface area is 148 Å². The van der Waals surface area contributed by atoms with E-state index in [9.17, 15) is 9.59 Å². The van der Waals surface area contributed by atoms with Crippen molar-refractivity contribution >= 4 is 17.5 Å². The van der Waals surface area contributed by atoms with Crippen LogP contribution in [0, 0.1) is 5.41 Å². The Hall–Kier alpha value is -1.92. The summed E-state index contributed by atoms with van der Waals surface area (Å²) in [5.41, 5.74) is 1.64. The number of para-hydroxylation sites is 1. The van der Waals surface area contributed by atoms with Gasteiger partial charge in [-0.3, -0.25) is 9.59 Å². The largest absolute Gasteiger partial charge is 0.384 e. The Morgan fingerprint density at radius 3 is 2.80 bits per heavy atom. The fourth-order valence-corrected chi connectivity index (χ4v) is 3.85. The molecule has 2 N–H and O–H groups in total. The number of carbonyl (C=O) groups is 2. The highest BCUT2D eigenvalue weighted by atomic mass is 16.5. The molecule has 1 fully saturated rings. The number of benzene rings is 1. The van der Waals surface area contributed by atoms with E-state index in [1.807, 2.05) is 18.2 Å². The third kappa shape index (κ3) is 3.85. The van der Waals surface area contributed by atoms with Crippen molar-refractivity contribution in [3.63, 3.8) is 0 Å². The van der Waals surface area contributed by atoms with E-state index in [1.165, 1.54) is 5.56 Å². The maximum Gasteiger partial charge on any atom is 0.246 e. The van der Waals surface area contributed by atoms with E-state index >= 15 is 0 Å². The van der Waals surface area contributed by atoms with Crippen molar-refractivity contribution < 1.29 is 14.3 Å². The van der Waals surface area contributed by atoms with Gasteiger partial charge < -0.3 is 20.3 Å². The number of aryl methyl sites for hydroxylation is 1. The van der Waals surface area contributed by atoms with Gasteiger partial charge in [0.15, 0.2) is 0 Å². The van der Waals surface area contributed by atoms with Crippen LogP contribution >= 0.6 is 0 Å². The molecule has 2 heterocycles. The maximum absolute atomic E-state index is 12.8. The topological polar surface area (TPSA) is 70.7 Å². The molecule has 0 aliphatic carbocycles. The van der Waals surface area contributed by atoms with Gasteiger partial charge in [0.25, 0.3) is 0 Å². The number of piperidine rings is 1. The first-order valence-corrected chi connectivity index (χ1v) is 9.02. The molecule has 3 rings (SSSR count). The second-order valence-electron chi connectivity index (χ2n) is 6.92. The van der Waals surface area contributed by atoms with Crippen LogP contribution in [0.15, 0.2) is 24.3 Å². The minimum atomic E-state index is -0.528. The van der Waals surface area contributed by atoms with Gasteiger partial charge in [0, 0.05) is 19.3 Å². The summed E-state index contributed by atoms with van der Waals surface area (Å²) in [6.45, 7) is 2.72. The highest BCUT2D eigenvalue weighted by molar-refractivity contribution is 5.98. The van der Waals surface area contributed by atoms with E-state index in [-0.39, 0.29) is 18.4 Å². The molecule has 0 spiro atoms. The lowest BCUT2D eigenvalue weighted by molar-refractivity contribution is -0.137. The number of methoxy groups -OCH3 is 1. The van der Waals surface area contributed by atoms with Crippen LogP contribution in [-0.2, 0) is 20.7 Å². The van der Waals surface area contributed by atoms with Gasteiger partial charge in [0.2, 0.25) is 11.8 Å². The van der Waals surface area contributed by atoms with E-state index in [1.54, 1.807) is 12.0 Å². The average Bonchev–Trinajstić information content (AvgIpc) is 2.66. The fourth-order valence-electron chi connectivity index (χ4n) is 3.85. The van der Waals surface area contributed by atoms with Crippen molar-refractivity contribution in [3.8, 4) is 0 Å². The highest BCUT2D eigenvalue weighted by Gasteiger charge is 2.39. The zero-order chi connectivity index (χ0) is 17.7. The van der Waals surface area contributed by atoms with Crippen LogP contribution in [-0.4, -0.2) is 51.7 Å². The maximum atomic E-state index is 12.8. The first kappa shape index (κ1) is 17.9. The van der Waals surface area contributed by atoms with Gasteiger partial charge in [-0.2, -0.15) is 0 Å². The van der Waals surface area contributed by atoms with Crippen LogP contribution in [0.3, 0.4) is 0 Å². The molecule has 6 heteroatoms. The number of amides is 2. The molecule has 0 atom stereocenters. The van der Waals surface area contributed by atoms with Crippen LogP contribution in [0.4, 0.5) is 5.69 Å². The molecule has 136 valence electrons. The minimum Gasteiger partial charge on any atom is -0.384 e. The van der Waals surface area contributed by atoms with E-state index in [0.29, 0.717) is 13.2 Å². The third-order valence-corrected chi connectivity index (χ3v) is 5.27. The van der Waals surface area contributed by atoms with Crippen LogP contribution in [0.25, 0.3) is 0 Å². The second-order valence-corrected chi connectivity index (χ2v) is 6.92. The summed E-state index contributed by atoms with van der Waals surface area (Å²) in [5.74, 6) is -0.128. The Kier molecular flexibility index (Phi) is 5.71. The van der Waals surface area contributed by atoms with E-state index in [0.717, 1.165) is 44.5 Å². The average molecular weight is 345 g/mol. The normalized spacial score (nSPS) is 19.2. The van der Waals surface area contributed by atoms with Gasteiger partial charge in [0.1, 0.15) is 0 Å². The Bertz CT molecular complexity index is 621. The summed E-state index contributed by atoms with van der Waals surface area (Å²) < 4.78 is 5.29. The lowest BCUT2D eigenvalue weighted by atomic mass is 9.78. The summed E-state index contributed by atoms with van der Waals surface area (Å²) in [7, 11) is 1.62. The van der Waals surface area contributed by atoms with Gasteiger partial charge in [0.05, 0.1) is 18.6 Å². The predicted octanol–water partition coefficient (Wildman–Crippen LogP) is 1.10. The second kappa shape index (κ2) is 7.97. The molecule has 0 saturated carbocycles. The van der Waals surface area contributed by atoms with Crippen molar-refractivity contribution in [2.45, 2.75) is 25.7 Å². The molecule has 1 aromatic rings. The molecule has 2 aliphatic heterocycles. The number of nitrogens with one attached hydrogen (secondary N) is 2. The molecule has 1 saturated heterocycles. The number of ether oxygens (including phenoxy) is 1. The number of hydrogen-bond acceptors (Lipinski definition) is 4. The zero-order valence-corrected chi connectivity index (χ0v) is 14.8.